The van der Waals surface area contributed by atoms with Crippen LogP contribution in [0.1, 0.15) is 65.4 Å². The lowest BCUT2D eigenvalue weighted by atomic mass is 9.88. The van der Waals surface area contributed by atoms with Crippen molar-refractivity contribution in [2.75, 3.05) is 26.3 Å². The van der Waals surface area contributed by atoms with Crippen LogP contribution < -0.4 is 10.2 Å². The number of hydrogen-bond acceptors (Lipinski definition) is 8. The largest absolute Gasteiger partial charge is 0.494 e. The third kappa shape index (κ3) is 6.70. The van der Waals surface area contributed by atoms with E-state index in [0.717, 1.165) is 31.5 Å². The van der Waals surface area contributed by atoms with Gasteiger partial charge in [-0.3, -0.25) is 15.0 Å². The molecular formula is C25H37N3O6. The summed E-state index contributed by atoms with van der Waals surface area (Å²) in [6.07, 6.45) is 2.27. The van der Waals surface area contributed by atoms with Crippen LogP contribution in [0.5, 0.6) is 5.75 Å². The van der Waals surface area contributed by atoms with Crippen LogP contribution in [-0.2, 0) is 19.1 Å². The molecule has 1 aromatic carbocycles. The van der Waals surface area contributed by atoms with Gasteiger partial charge in [0.1, 0.15) is 17.5 Å². The van der Waals surface area contributed by atoms with Crippen LogP contribution in [0.3, 0.4) is 0 Å². The first-order valence-electron chi connectivity index (χ1n) is 12.0. The molecule has 0 unspecified atom stereocenters. The molecule has 1 aromatic rings. The van der Waals surface area contributed by atoms with E-state index in [9.17, 15) is 9.59 Å². The number of amides is 1. The van der Waals surface area contributed by atoms with Gasteiger partial charge in [-0.1, -0.05) is 0 Å². The van der Waals surface area contributed by atoms with Gasteiger partial charge in [0.25, 0.3) is 5.91 Å². The van der Waals surface area contributed by atoms with Gasteiger partial charge in [0, 0.05) is 38.1 Å². The fourth-order valence-corrected chi connectivity index (χ4v) is 4.01. The van der Waals surface area contributed by atoms with Crippen molar-refractivity contribution in [2.45, 2.75) is 77.0 Å². The highest BCUT2D eigenvalue weighted by Gasteiger charge is 2.51. The average Bonchev–Trinajstić information content (AvgIpc) is 3.40. The number of rotatable bonds is 10. The summed E-state index contributed by atoms with van der Waals surface area (Å²) in [6, 6.07) is 7.24. The van der Waals surface area contributed by atoms with Gasteiger partial charge in [0.05, 0.1) is 6.61 Å². The molecule has 1 saturated heterocycles. The van der Waals surface area contributed by atoms with Gasteiger partial charge in [-0.15, -0.1) is 0 Å². The molecule has 0 saturated carbocycles. The Hall–Kier alpha value is -2.65. The lowest BCUT2D eigenvalue weighted by Gasteiger charge is -2.30. The molecule has 1 amide bonds. The van der Waals surface area contributed by atoms with E-state index in [4.69, 9.17) is 24.3 Å². The second kappa shape index (κ2) is 11.2. The minimum atomic E-state index is -1.24. The molecule has 2 heterocycles. The highest BCUT2D eigenvalue weighted by Crippen LogP contribution is 2.34. The predicted octanol–water partition coefficient (Wildman–Crippen LogP) is 2.60. The number of aliphatic hydroxyl groups is 1. The Morgan fingerprint density at radius 1 is 1.24 bits per heavy atom. The Morgan fingerprint density at radius 3 is 2.53 bits per heavy atom. The molecule has 3 rings (SSSR count). The summed E-state index contributed by atoms with van der Waals surface area (Å²) in [4.78, 5) is 30.7. The van der Waals surface area contributed by atoms with Crippen molar-refractivity contribution in [3.8, 4) is 5.75 Å². The second-order valence-electron chi connectivity index (χ2n) is 9.77. The van der Waals surface area contributed by atoms with Crippen molar-refractivity contribution < 1.29 is 28.9 Å². The molecule has 0 aromatic heterocycles. The number of nitrogens with one attached hydrogen (secondary N) is 1. The summed E-state index contributed by atoms with van der Waals surface area (Å²) in [7, 11) is 0. The van der Waals surface area contributed by atoms with Crippen molar-refractivity contribution in [3.63, 3.8) is 0 Å². The Balaban J connectivity index is 1.80. The Kier molecular flexibility index (Phi) is 8.54. The molecular weight excluding hydrogens is 438 g/mol. The summed E-state index contributed by atoms with van der Waals surface area (Å²) in [5.41, 5.74) is 1.86. The summed E-state index contributed by atoms with van der Waals surface area (Å²) in [5.74, 6) is 0.382. The van der Waals surface area contributed by atoms with Crippen LogP contribution in [0.15, 0.2) is 29.3 Å². The van der Waals surface area contributed by atoms with E-state index in [1.165, 1.54) is 0 Å². The van der Waals surface area contributed by atoms with Crippen LogP contribution in [-0.4, -0.2) is 71.4 Å². The number of carbonyl (C=O) groups is 2. The predicted molar refractivity (Wildman–Crippen MR) is 127 cm³/mol. The number of hydrogen-bond donors (Lipinski definition) is 2. The summed E-state index contributed by atoms with van der Waals surface area (Å²) < 4.78 is 17.1. The smallest absolute Gasteiger partial charge is 0.306 e. The van der Waals surface area contributed by atoms with E-state index in [2.05, 4.69) is 5.43 Å². The van der Waals surface area contributed by atoms with Crippen LogP contribution in [0, 0.1) is 0 Å². The molecule has 34 heavy (non-hydrogen) atoms. The Bertz CT molecular complexity index is 874. The normalized spacial score (nSPS) is 22.7. The van der Waals surface area contributed by atoms with Crippen molar-refractivity contribution in [3.05, 3.63) is 29.8 Å². The molecule has 2 atom stereocenters. The zero-order valence-corrected chi connectivity index (χ0v) is 20.6. The van der Waals surface area contributed by atoms with Crippen LogP contribution in [0.2, 0.25) is 0 Å². The zero-order valence-electron chi connectivity index (χ0n) is 20.6. The lowest BCUT2D eigenvalue weighted by molar-refractivity contribution is -0.155. The fourth-order valence-electron chi connectivity index (χ4n) is 4.01. The van der Waals surface area contributed by atoms with Crippen molar-refractivity contribution in [2.24, 2.45) is 4.99 Å². The van der Waals surface area contributed by atoms with Crippen LogP contribution >= 0.6 is 0 Å². The zero-order chi connectivity index (χ0) is 24.8. The Labute approximate surface area is 201 Å². The molecule has 0 aliphatic carbocycles. The quantitative estimate of drug-likeness (QED) is 0.395. The summed E-state index contributed by atoms with van der Waals surface area (Å²) >= 11 is 0. The molecule has 1 fully saturated rings. The van der Waals surface area contributed by atoms with Crippen molar-refractivity contribution >= 4 is 17.8 Å². The number of esters is 1. The van der Waals surface area contributed by atoms with E-state index in [0.29, 0.717) is 24.7 Å². The molecule has 2 aliphatic heterocycles. The van der Waals surface area contributed by atoms with Gasteiger partial charge in [-0.25, -0.2) is 10.0 Å². The molecule has 2 N–H and O–H groups in total. The molecule has 0 bridgehead atoms. The standard InChI is InChI=1S/C25H37N3O6/c1-18-25(13-12-21(30)34-24(2,3)4,23(31)27-28-14-5-6-15-28)26-22(33-18)19-8-10-20(11-9-19)32-17-7-16-29/h8-11,18,29H,5-7,12-17H2,1-4H3,(H,27,31)/t18-,25-/m0/s1. The number of ether oxygens (including phenoxy) is 3. The van der Waals surface area contributed by atoms with Gasteiger partial charge in [-0.2, -0.15) is 0 Å². The minimum Gasteiger partial charge on any atom is -0.494 e. The number of aliphatic hydroxyl groups excluding tert-OH is 1. The van der Waals surface area contributed by atoms with E-state index >= 15 is 0 Å². The molecule has 9 nitrogen and oxygen atoms in total. The minimum absolute atomic E-state index is 0.0484. The molecule has 9 heteroatoms. The molecule has 2 aliphatic rings. The van der Waals surface area contributed by atoms with Gasteiger partial charge in [0.2, 0.25) is 5.90 Å². The van der Waals surface area contributed by atoms with Gasteiger partial charge in [-0.05, 0) is 71.2 Å². The van der Waals surface area contributed by atoms with E-state index < -0.39 is 17.2 Å². The number of nitrogens with zero attached hydrogens (tertiary/aromatic N) is 2. The number of benzene rings is 1. The first kappa shape index (κ1) is 26.0. The number of aliphatic imine (C=N–C) groups is 1. The van der Waals surface area contributed by atoms with E-state index in [1.54, 1.807) is 12.1 Å². The summed E-state index contributed by atoms with van der Waals surface area (Å²) in [5, 5.41) is 10.8. The van der Waals surface area contributed by atoms with E-state index in [1.807, 2.05) is 44.8 Å². The monoisotopic (exact) mass is 475 g/mol. The second-order valence-corrected chi connectivity index (χ2v) is 9.77. The molecule has 188 valence electrons. The topological polar surface area (TPSA) is 110 Å². The van der Waals surface area contributed by atoms with Crippen LogP contribution in [0.4, 0.5) is 0 Å². The first-order valence-corrected chi connectivity index (χ1v) is 12.0. The molecule has 0 radical (unpaired) electrons. The fraction of sp³-hybridized carbons (Fsp3) is 0.640. The average molecular weight is 476 g/mol. The maximum absolute atomic E-state index is 13.5. The highest BCUT2D eigenvalue weighted by molar-refractivity contribution is 6.00. The SMILES string of the molecule is C[C@@H]1OC(c2ccc(OCCCO)cc2)=N[C@]1(CCC(=O)OC(C)(C)C)C(=O)NN1CCCC1. The van der Waals surface area contributed by atoms with Crippen molar-refractivity contribution in [1.82, 2.24) is 10.4 Å². The maximum Gasteiger partial charge on any atom is 0.306 e. The van der Waals surface area contributed by atoms with Crippen molar-refractivity contribution in [1.29, 1.82) is 0 Å². The van der Waals surface area contributed by atoms with Gasteiger partial charge >= 0.3 is 5.97 Å². The first-order chi connectivity index (χ1) is 16.1. The maximum atomic E-state index is 13.5. The third-order valence-electron chi connectivity index (χ3n) is 5.82. The van der Waals surface area contributed by atoms with Crippen LogP contribution in [0.25, 0.3) is 0 Å². The Morgan fingerprint density at radius 2 is 1.91 bits per heavy atom. The summed E-state index contributed by atoms with van der Waals surface area (Å²) in [6.45, 7) is 9.33. The number of carbonyl (C=O) groups excluding carboxylic acids is 2. The van der Waals surface area contributed by atoms with E-state index in [-0.39, 0.29) is 31.3 Å². The van der Waals surface area contributed by atoms with Gasteiger partial charge < -0.3 is 19.3 Å². The third-order valence-corrected chi connectivity index (χ3v) is 5.82. The number of hydrazine groups is 1. The van der Waals surface area contributed by atoms with Gasteiger partial charge in [0.15, 0.2) is 5.54 Å². The molecule has 0 spiro atoms. The highest BCUT2D eigenvalue weighted by atomic mass is 16.6. The lowest BCUT2D eigenvalue weighted by Crippen LogP contribution is -2.55.